The van der Waals surface area contributed by atoms with E-state index < -0.39 is 0 Å². The normalized spacial score (nSPS) is 27.8. The first-order chi connectivity index (χ1) is 5.90. The van der Waals surface area contributed by atoms with E-state index in [4.69, 9.17) is 0 Å². The molecule has 1 aliphatic heterocycles. The third kappa shape index (κ3) is 1.26. The van der Waals surface area contributed by atoms with Gasteiger partial charge in [0.2, 0.25) is 0 Å². The van der Waals surface area contributed by atoms with Crippen LogP contribution in [0.2, 0.25) is 0 Å². The molecule has 0 radical (unpaired) electrons. The zero-order valence-corrected chi connectivity index (χ0v) is 6.94. The number of fused-ring (bicyclic) bond motifs is 1. The van der Waals surface area contributed by atoms with Gasteiger partial charge in [0, 0.05) is 6.54 Å². The molecule has 1 aliphatic carbocycles. The Bertz CT molecular complexity index is 245. The van der Waals surface area contributed by atoms with Crippen LogP contribution in [-0.2, 0) is 0 Å². The Morgan fingerprint density at radius 2 is 2.50 bits per heavy atom. The lowest BCUT2D eigenvalue weighted by molar-refractivity contribution is 0.239. The number of rotatable bonds is 1. The number of hydrogen-bond acceptors (Lipinski definition) is 2. The minimum atomic E-state index is 0.674. The molecular weight excluding hydrogens is 152 g/mol. The minimum Gasteiger partial charge on any atom is -0.257 e. The van der Waals surface area contributed by atoms with E-state index in [1.807, 2.05) is 0 Å². The van der Waals surface area contributed by atoms with Crippen LogP contribution in [0.1, 0.15) is 12.8 Å². The van der Waals surface area contributed by atoms with Crippen LogP contribution in [0.4, 0.5) is 0 Å². The highest BCUT2D eigenvalue weighted by Gasteiger charge is 2.23. The van der Waals surface area contributed by atoms with Crippen molar-refractivity contribution in [3.8, 4) is 0 Å². The van der Waals surface area contributed by atoms with Crippen molar-refractivity contribution in [1.29, 1.82) is 0 Å². The van der Waals surface area contributed by atoms with E-state index in [1.165, 1.54) is 5.57 Å². The molecule has 64 valence electrons. The summed E-state index contributed by atoms with van der Waals surface area (Å²) in [6.07, 6.45) is 8.59. The maximum atomic E-state index is 10.3. The summed E-state index contributed by atoms with van der Waals surface area (Å²) in [4.78, 5) is 10.3. The smallest absolute Gasteiger partial charge is 0.0608 e. The summed E-state index contributed by atoms with van der Waals surface area (Å²) in [6.45, 7) is 1.55. The molecule has 1 saturated heterocycles. The van der Waals surface area contributed by atoms with Crippen LogP contribution in [0.3, 0.4) is 0 Å². The van der Waals surface area contributed by atoms with E-state index in [-0.39, 0.29) is 0 Å². The Morgan fingerprint density at radius 3 is 3.33 bits per heavy atom. The molecule has 1 heterocycles. The molecule has 1 unspecified atom stereocenters. The van der Waals surface area contributed by atoms with E-state index in [0.29, 0.717) is 5.92 Å². The molecule has 1 atom stereocenters. The van der Waals surface area contributed by atoms with Gasteiger partial charge in [0.1, 0.15) is 0 Å². The molecular formula is C9H12N2O. The first-order valence-corrected chi connectivity index (χ1v) is 4.34. The van der Waals surface area contributed by atoms with Crippen LogP contribution in [0.25, 0.3) is 0 Å². The number of hydrogen-bond donors (Lipinski definition) is 0. The Morgan fingerprint density at radius 1 is 1.58 bits per heavy atom. The van der Waals surface area contributed by atoms with Gasteiger partial charge < -0.3 is 0 Å². The number of nitrogens with zero attached hydrogens (tertiary/aromatic N) is 2. The molecule has 2 rings (SSSR count). The lowest BCUT2D eigenvalue weighted by Crippen LogP contribution is -2.31. The third-order valence-electron chi connectivity index (χ3n) is 2.61. The summed E-state index contributed by atoms with van der Waals surface area (Å²) >= 11 is 0. The van der Waals surface area contributed by atoms with E-state index in [9.17, 15) is 4.91 Å². The molecule has 0 aromatic carbocycles. The Hall–Kier alpha value is -1.12. The first-order valence-electron chi connectivity index (χ1n) is 4.34. The fraction of sp³-hybridized carbons (Fsp3) is 0.556. The van der Waals surface area contributed by atoms with Gasteiger partial charge in [0.25, 0.3) is 0 Å². The van der Waals surface area contributed by atoms with Crippen molar-refractivity contribution >= 4 is 0 Å². The zero-order valence-electron chi connectivity index (χ0n) is 6.94. The third-order valence-corrected chi connectivity index (χ3v) is 2.61. The lowest BCUT2D eigenvalue weighted by Gasteiger charge is -2.31. The molecule has 3 nitrogen and oxygen atoms in total. The monoisotopic (exact) mass is 164 g/mol. The van der Waals surface area contributed by atoms with Gasteiger partial charge in [-0.05, 0) is 24.3 Å². The molecule has 0 N–H and O–H groups in total. The van der Waals surface area contributed by atoms with Crippen molar-refractivity contribution in [2.24, 2.45) is 11.2 Å². The fourth-order valence-electron chi connectivity index (χ4n) is 1.87. The van der Waals surface area contributed by atoms with Crippen LogP contribution in [0, 0.1) is 10.8 Å². The van der Waals surface area contributed by atoms with Crippen molar-refractivity contribution in [3.05, 3.63) is 28.7 Å². The van der Waals surface area contributed by atoms with E-state index in [1.54, 1.807) is 5.01 Å². The standard InChI is InChI=1S/C9H12N2O/c12-10-11-6-5-8-3-1-2-4-9(8)7-11/h1-2,4,8H,3,5-7H2. The van der Waals surface area contributed by atoms with Crippen LogP contribution in [-0.4, -0.2) is 18.1 Å². The van der Waals surface area contributed by atoms with Crippen molar-refractivity contribution in [2.75, 3.05) is 13.1 Å². The summed E-state index contributed by atoms with van der Waals surface area (Å²) < 4.78 is 0. The van der Waals surface area contributed by atoms with Gasteiger partial charge in [0.15, 0.2) is 0 Å². The average Bonchev–Trinajstić information content (AvgIpc) is 2.17. The lowest BCUT2D eigenvalue weighted by atomic mass is 9.86. The van der Waals surface area contributed by atoms with Gasteiger partial charge in [-0.15, -0.1) is 4.91 Å². The van der Waals surface area contributed by atoms with Gasteiger partial charge in [-0.3, -0.25) is 5.01 Å². The number of piperidine rings is 1. The fourth-order valence-corrected chi connectivity index (χ4v) is 1.87. The van der Waals surface area contributed by atoms with Gasteiger partial charge in [0.05, 0.1) is 11.8 Å². The highest BCUT2D eigenvalue weighted by Crippen LogP contribution is 2.28. The largest absolute Gasteiger partial charge is 0.257 e. The maximum absolute atomic E-state index is 10.3. The molecule has 0 amide bonds. The summed E-state index contributed by atoms with van der Waals surface area (Å²) in [5, 5.41) is 4.56. The van der Waals surface area contributed by atoms with Crippen molar-refractivity contribution in [3.63, 3.8) is 0 Å². The van der Waals surface area contributed by atoms with Crippen LogP contribution in [0.15, 0.2) is 29.1 Å². The molecule has 2 aliphatic rings. The van der Waals surface area contributed by atoms with Gasteiger partial charge >= 0.3 is 0 Å². The van der Waals surface area contributed by atoms with Crippen molar-refractivity contribution < 1.29 is 0 Å². The Kier molecular flexibility index (Phi) is 1.94. The van der Waals surface area contributed by atoms with Crippen molar-refractivity contribution in [1.82, 2.24) is 5.01 Å². The average molecular weight is 164 g/mol. The molecule has 0 aromatic heterocycles. The minimum absolute atomic E-state index is 0.674. The van der Waals surface area contributed by atoms with E-state index in [0.717, 1.165) is 25.9 Å². The highest BCUT2D eigenvalue weighted by atomic mass is 16.3. The Labute approximate surface area is 71.7 Å². The molecule has 1 fully saturated rings. The molecule has 0 saturated carbocycles. The highest BCUT2D eigenvalue weighted by molar-refractivity contribution is 5.23. The van der Waals surface area contributed by atoms with Crippen molar-refractivity contribution in [2.45, 2.75) is 12.8 Å². The Balaban J connectivity index is 2.10. The first kappa shape index (κ1) is 7.53. The summed E-state index contributed by atoms with van der Waals surface area (Å²) in [7, 11) is 0. The summed E-state index contributed by atoms with van der Waals surface area (Å²) in [6, 6.07) is 0. The predicted octanol–water partition coefficient (Wildman–Crippen LogP) is 1.88. The van der Waals surface area contributed by atoms with Gasteiger partial charge in [-0.1, -0.05) is 18.2 Å². The molecule has 3 heteroatoms. The van der Waals surface area contributed by atoms with Crippen LogP contribution in [0.5, 0.6) is 0 Å². The van der Waals surface area contributed by atoms with E-state index in [2.05, 4.69) is 23.5 Å². The molecule has 12 heavy (non-hydrogen) atoms. The molecule has 0 aromatic rings. The number of nitroso groups, excluding NO2 is 1. The van der Waals surface area contributed by atoms with Crippen LogP contribution < -0.4 is 0 Å². The number of allylic oxidation sites excluding steroid dienone is 3. The quantitative estimate of drug-likeness (QED) is 0.554. The second-order valence-corrected chi connectivity index (χ2v) is 3.36. The zero-order chi connectivity index (χ0) is 8.39. The second-order valence-electron chi connectivity index (χ2n) is 3.36. The summed E-state index contributed by atoms with van der Waals surface area (Å²) in [5.74, 6) is 0.674. The topological polar surface area (TPSA) is 32.7 Å². The van der Waals surface area contributed by atoms with Gasteiger partial charge in [-0.2, -0.15) is 0 Å². The SMILES string of the molecule is O=NN1CCC2CC=CC=C2C1. The summed E-state index contributed by atoms with van der Waals surface area (Å²) in [5.41, 5.74) is 1.36. The van der Waals surface area contributed by atoms with E-state index >= 15 is 0 Å². The second kappa shape index (κ2) is 3.09. The van der Waals surface area contributed by atoms with Gasteiger partial charge in [-0.25, -0.2) is 0 Å². The molecule has 0 bridgehead atoms. The van der Waals surface area contributed by atoms with Crippen LogP contribution >= 0.6 is 0 Å². The predicted molar refractivity (Wildman–Crippen MR) is 47.3 cm³/mol. The maximum Gasteiger partial charge on any atom is 0.0608 e. The molecule has 0 spiro atoms.